The van der Waals surface area contributed by atoms with E-state index in [1.54, 1.807) is 0 Å². The smallest absolute Gasteiger partial charge is 0.245 e. The molecular weight excluding hydrogens is 266 g/mol. The summed E-state index contributed by atoms with van der Waals surface area (Å²) in [4.78, 5) is 31.5. The first-order chi connectivity index (χ1) is 10.1. The number of carbonyl (C=O) groups is 2. The first-order valence-corrected chi connectivity index (χ1v) is 8.38. The summed E-state index contributed by atoms with van der Waals surface area (Å²) in [5.74, 6) is 0.388. The average molecular weight is 293 g/mol. The van der Waals surface area contributed by atoms with Gasteiger partial charge in [-0.15, -0.1) is 0 Å². The van der Waals surface area contributed by atoms with Crippen molar-refractivity contribution < 1.29 is 9.59 Å². The van der Waals surface area contributed by atoms with Crippen molar-refractivity contribution in [2.24, 2.45) is 0 Å². The summed E-state index contributed by atoms with van der Waals surface area (Å²) in [5.41, 5.74) is 0. The summed E-state index contributed by atoms with van der Waals surface area (Å²) in [6.45, 7) is 4.66. The molecule has 3 aliphatic rings. The van der Waals surface area contributed by atoms with Crippen molar-refractivity contribution >= 4 is 11.8 Å². The minimum Gasteiger partial charge on any atom is -0.337 e. The maximum absolute atomic E-state index is 12.9. The second kappa shape index (κ2) is 5.95. The molecule has 3 atom stereocenters. The van der Waals surface area contributed by atoms with Gasteiger partial charge in [0.1, 0.15) is 6.04 Å². The summed E-state index contributed by atoms with van der Waals surface area (Å²) in [5, 5.41) is 0. The number of piperidine rings is 2. The van der Waals surface area contributed by atoms with E-state index in [2.05, 4.69) is 18.9 Å². The summed E-state index contributed by atoms with van der Waals surface area (Å²) >= 11 is 0. The molecule has 0 aromatic heterocycles. The predicted octanol–water partition coefficient (Wildman–Crippen LogP) is 1.08. The average Bonchev–Trinajstić information content (AvgIpc) is 2.61. The van der Waals surface area contributed by atoms with Gasteiger partial charge in [0.2, 0.25) is 11.8 Å². The number of carbonyl (C=O) groups excluding carboxylic acids is 2. The fraction of sp³-hybridized carbons (Fsp3) is 0.875. The number of nitrogens with zero attached hydrogens (tertiary/aromatic N) is 3. The maximum Gasteiger partial charge on any atom is 0.245 e. The number of hydrogen-bond donors (Lipinski definition) is 0. The van der Waals surface area contributed by atoms with Gasteiger partial charge in [-0.1, -0.05) is 0 Å². The van der Waals surface area contributed by atoms with E-state index in [0.717, 1.165) is 45.2 Å². The van der Waals surface area contributed by atoms with Gasteiger partial charge in [-0.05, 0) is 46.1 Å². The molecule has 3 saturated heterocycles. The van der Waals surface area contributed by atoms with Gasteiger partial charge in [0.15, 0.2) is 0 Å². The second-order valence-electron chi connectivity index (χ2n) is 6.89. The van der Waals surface area contributed by atoms with E-state index in [1.165, 1.54) is 0 Å². The molecule has 118 valence electrons. The van der Waals surface area contributed by atoms with E-state index in [9.17, 15) is 9.59 Å². The van der Waals surface area contributed by atoms with Gasteiger partial charge in [-0.2, -0.15) is 0 Å². The maximum atomic E-state index is 12.9. The third-order valence-electron chi connectivity index (χ3n) is 5.58. The van der Waals surface area contributed by atoms with Gasteiger partial charge in [0, 0.05) is 38.1 Å². The van der Waals surface area contributed by atoms with Crippen LogP contribution in [-0.4, -0.2) is 71.3 Å². The Labute approximate surface area is 127 Å². The molecule has 2 amide bonds. The van der Waals surface area contributed by atoms with Crippen LogP contribution in [0, 0.1) is 0 Å². The van der Waals surface area contributed by atoms with Crippen molar-refractivity contribution in [3.63, 3.8) is 0 Å². The highest BCUT2D eigenvalue weighted by atomic mass is 16.2. The van der Waals surface area contributed by atoms with Crippen LogP contribution >= 0.6 is 0 Å². The molecule has 21 heavy (non-hydrogen) atoms. The monoisotopic (exact) mass is 293 g/mol. The highest BCUT2D eigenvalue weighted by molar-refractivity contribution is 5.90. The first-order valence-electron chi connectivity index (χ1n) is 8.38. The van der Waals surface area contributed by atoms with Crippen LogP contribution in [0.15, 0.2) is 0 Å². The van der Waals surface area contributed by atoms with Crippen LogP contribution in [0.1, 0.15) is 45.4 Å². The molecule has 0 N–H and O–H groups in total. The second-order valence-corrected chi connectivity index (χ2v) is 6.89. The van der Waals surface area contributed by atoms with E-state index in [4.69, 9.17) is 0 Å². The van der Waals surface area contributed by atoms with Crippen molar-refractivity contribution in [3.05, 3.63) is 0 Å². The Morgan fingerprint density at radius 1 is 1.00 bits per heavy atom. The lowest BCUT2D eigenvalue weighted by Gasteiger charge is -2.42. The zero-order chi connectivity index (χ0) is 15.0. The molecule has 3 unspecified atom stereocenters. The molecule has 0 aromatic rings. The minimum absolute atomic E-state index is 0.177. The highest BCUT2D eigenvalue weighted by Crippen LogP contribution is 2.27. The molecule has 3 rings (SSSR count). The van der Waals surface area contributed by atoms with Crippen LogP contribution in [0.5, 0.6) is 0 Å². The van der Waals surface area contributed by atoms with E-state index in [1.807, 2.05) is 9.80 Å². The van der Waals surface area contributed by atoms with Crippen LogP contribution in [0.3, 0.4) is 0 Å². The van der Waals surface area contributed by atoms with Gasteiger partial charge in [-0.25, -0.2) is 0 Å². The van der Waals surface area contributed by atoms with Crippen molar-refractivity contribution in [1.82, 2.24) is 14.7 Å². The Kier molecular flexibility index (Phi) is 4.20. The topological polar surface area (TPSA) is 43.9 Å². The van der Waals surface area contributed by atoms with Crippen LogP contribution in [0.25, 0.3) is 0 Å². The molecule has 5 heteroatoms. The van der Waals surface area contributed by atoms with Gasteiger partial charge in [0.05, 0.1) is 0 Å². The van der Waals surface area contributed by atoms with Crippen molar-refractivity contribution in [2.75, 3.05) is 26.7 Å². The standard InChI is InChI=1S/C16H27N3O2/c1-12-11-13(6-9-17(12)2)18-10-7-15(20)19-8-4-3-5-14(19)16(18)21/h12-14H,3-11H2,1-2H3. The molecule has 3 aliphatic heterocycles. The van der Waals surface area contributed by atoms with Gasteiger partial charge >= 0.3 is 0 Å². The molecule has 0 aromatic carbocycles. The molecular formula is C16H27N3O2. The third-order valence-corrected chi connectivity index (χ3v) is 5.58. The fourth-order valence-electron chi connectivity index (χ4n) is 4.06. The third kappa shape index (κ3) is 2.80. The fourth-order valence-corrected chi connectivity index (χ4v) is 4.06. The summed E-state index contributed by atoms with van der Waals surface area (Å²) in [7, 11) is 2.15. The summed E-state index contributed by atoms with van der Waals surface area (Å²) < 4.78 is 0. The van der Waals surface area contributed by atoms with Crippen molar-refractivity contribution in [2.45, 2.75) is 63.6 Å². The Bertz CT molecular complexity index is 426. The lowest BCUT2D eigenvalue weighted by atomic mass is 9.95. The first kappa shape index (κ1) is 14.8. The van der Waals surface area contributed by atoms with Crippen molar-refractivity contribution in [1.29, 1.82) is 0 Å². The number of hydrogen-bond acceptors (Lipinski definition) is 3. The molecule has 0 spiro atoms. The zero-order valence-corrected chi connectivity index (χ0v) is 13.3. The predicted molar refractivity (Wildman–Crippen MR) is 80.8 cm³/mol. The van der Waals surface area contributed by atoms with Crippen LogP contribution in [0.4, 0.5) is 0 Å². The number of likely N-dealkylation sites (tertiary alicyclic amines) is 1. The molecule has 0 aliphatic carbocycles. The van der Waals surface area contributed by atoms with Gasteiger partial charge in [-0.3, -0.25) is 9.59 Å². The normalized spacial score (nSPS) is 35.6. The van der Waals surface area contributed by atoms with E-state index < -0.39 is 0 Å². The minimum atomic E-state index is -0.177. The molecule has 0 radical (unpaired) electrons. The van der Waals surface area contributed by atoms with Crippen molar-refractivity contribution in [3.8, 4) is 0 Å². The molecule has 5 nitrogen and oxygen atoms in total. The number of rotatable bonds is 1. The molecule has 0 bridgehead atoms. The molecule has 3 fully saturated rings. The lowest BCUT2D eigenvalue weighted by molar-refractivity contribution is -0.145. The Balaban J connectivity index is 1.76. The van der Waals surface area contributed by atoms with Crippen LogP contribution < -0.4 is 0 Å². The molecule has 3 heterocycles. The summed E-state index contributed by atoms with van der Waals surface area (Å²) in [6, 6.07) is 0.653. The zero-order valence-electron chi connectivity index (χ0n) is 13.3. The van der Waals surface area contributed by atoms with Crippen LogP contribution in [0.2, 0.25) is 0 Å². The van der Waals surface area contributed by atoms with E-state index in [0.29, 0.717) is 25.0 Å². The Morgan fingerprint density at radius 2 is 1.81 bits per heavy atom. The molecule has 0 saturated carbocycles. The van der Waals surface area contributed by atoms with Gasteiger partial charge < -0.3 is 14.7 Å². The number of fused-ring (bicyclic) bond motifs is 1. The van der Waals surface area contributed by atoms with E-state index in [-0.39, 0.29) is 17.9 Å². The lowest BCUT2D eigenvalue weighted by Crippen LogP contribution is -2.54. The summed E-state index contributed by atoms with van der Waals surface area (Å²) in [6.07, 6.45) is 5.53. The van der Waals surface area contributed by atoms with E-state index >= 15 is 0 Å². The number of amides is 2. The van der Waals surface area contributed by atoms with Gasteiger partial charge in [0.25, 0.3) is 0 Å². The Hall–Kier alpha value is -1.10. The Morgan fingerprint density at radius 3 is 2.57 bits per heavy atom. The highest BCUT2D eigenvalue weighted by Gasteiger charge is 2.40. The van der Waals surface area contributed by atoms with Crippen LogP contribution in [-0.2, 0) is 9.59 Å². The SMILES string of the molecule is CC1CC(N2CCC(=O)N3CCCCC3C2=O)CCN1C. The quantitative estimate of drug-likeness (QED) is 0.727. The largest absolute Gasteiger partial charge is 0.337 e.